The summed E-state index contributed by atoms with van der Waals surface area (Å²) >= 11 is 0. The molecule has 0 radical (unpaired) electrons. The molecule has 2 amide bonds. The summed E-state index contributed by atoms with van der Waals surface area (Å²) in [7, 11) is 0. The lowest BCUT2D eigenvalue weighted by atomic mass is 10.1. The lowest BCUT2D eigenvalue weighted by Crippen LogP contribution is -2.24. The van der Waals surface area contributed by atoms with Crippen LogP contribution in [0.4, 0.5) is 5.69 Å². The Labute approximate surface area is 185 Å². The molecular weight excluding hydrogens is 404 g/mol. The van der Waals surface area contributed by atoms with Crippen molar-refractivity contribution in [2.24, 2.45) is 0 Å². The average molecular weight is 426 g/mol. The number of para-hydroxylation sites is 1. The van der Waals surface area contributed by atoms with Gasteiger partial charge in [-0.15, -0.1) is 10.2 Å². The molecule has 0 atom stereocenters. The number of nitrogens with one attached hydrogen (secondary N) is 2. The van der Waals surface area contributed by atoms with Gasteiger partial charge in [-0.3, -0.25) is 9.59 Å². The molecule has 0 fully saturated rings. The fourth-order valence-electron chi connectivity index (χ4n) is 3.16. The largest absolute Gasteiger partial charge is 0.416 e. The first-order valence-corrected chi connectivity index (χ1v) is 10.2. The van der Waals surface area contributed by atoms with Crippen LogP contribution in [0.15, 0.2) is 77.2 Å². The molecule has 0 aliphatic heterocycles. The van der Waals surface area contributed by atoms with Crippen LogP contribution in [-0.2, 0) is 0 Å². The molecule has 32 heavy (non-hydrogen) atoms. The fourth-order valence-corrected chi connectivity index (χ4v) is 3.16. The van der Waals surface area contributed by atoms with Gasteiger partial charge in [-0.25, -0.2) is 0 Å². The first kappa shape index (κ1) is 21.0. The van der Waals surface area contributed by atoms with E-state index in [2.05, 4.69) is 20.8 Å². The third-order valence-electron chi connectivity index (χ3n) is 4.87. The first-order chi connectivity index (χ1) is 15.5. The highest BCUT2D eigenvalue weighted by Crippen LogP contribution is 2.25. The molecule has 0 aliphatic carbocycles. The number of carbonyl (C=O) groups is 2. The predicted octanol–water partition coefficient (Wildman–Crippen LogP) is 4.71. The summed E-state index contributed by atoms with van der Waals surface area (Å²) in [5.41, 5.74) is 4.00. The zero-order valence-electron chi connectivity index (χ0n) is 17.8. The molecule has 0 saturated carbocycles. The van der Waals surface area contributed by atoms with Crippen LogP contribution in [0.3, 0.4) is 0 Å². The van der Waals surface area contributed by atoms with E-state index in [0.717, 1.165) is 11.1 Å². The molecule has 1 heterocycles. The van der Waals surface area contributed by atoms with Crippen molar-refractivity contribution < 1.29 is 14.0 Å². The number of hydrogen-bond donors (Lipinski definition) is 2. The third-order valence-corrected chi connectivity index (χ3v) is 4.87. The number of anilines is 1. The van der Waals surface area contributed by atoms with Crippen molar-refractivity contribution in [1.82, 2.24) is 15.5 Å². The van der Waals surface area contributed by atoms with E-state index in [4.69, 9.17) is 4.42 Å². The van der Waals surface area contributed by atoms with Crippen LogP contribution >= 0.6 is 0 Å². The van der Waals surface area contributed by atoms with Gasteiger partial charge >= 0.3 is 0 Å². The van der Waals surface area contributed by atoms with Gasteiger partial charge in [-0.1, -0.05) is 29.8 Å². The molecule has 0 aliphatic rings. The molecule has 0 spiro atoms. The maximum atomic E-state index is 12.7. The van der Waals surface area contributed by atoms with Crippen LogP contribution in [0.2, 0.25) is 0 Å². The highest BCUT2D eigenvalue weighted by molar-refractivity contribution is 6.09. The summed E-state index contributed by atoms with van der Waals surface area (Å²) in [6.45, 7) is 4.36. The molecule has 3 aromatic carbocycles. The molecule has 0 unspecified atom stereocenters. The van der Waals surface area contributed by atoms with Gasteiger partial charge in [0, 0.05) is 23.2 Å². The number of carbonyl (C=O) groups excluding carboxylic acids is 2. The van der Waals surface area contributed by atoms with E-state index in [1.54, 1.807) is 48.5 Å². The van der Waals surface area contributed by atoms with E-state index >= 15 is 0 Å². The number of aromatic nitrogens is 2. The second kappa shape index (κ2) is 9.26. The van der Waals surface area contributed by atoms with Gasteiger partial charge in [0.05, 0.1) is 11.3 Å². The average Bonchev–Trinajstić information content (AvgIpc) is 3.30. The Morgan fingerprint density at radius 1 is 0.812 bits per heavy atom. The van der Waals surface area contributed by atoms with Crippen molar-refractivity contribution in [3.63, 3.8) is 0 Å². The van der Waals surface area contributed by atoms with E-state index in [0.29, 0.717) is 40.7 Å². The molecule has 4 aromatic rings. The second-order valence-electron chi connectivity index (χ2n) is 7.21. The maximum absolute atomic E-state index is 12.7. The number of amides is 2. The minimum atomic E-state index is -0.320. The number of nitrogens with zero attached hydrogens (tertiary/aromatic N) is 2. The van der Waals surface area contributed by atoms with Gasteiger partial charge in [-0.2, -0.15) is 0 Å². The summed E-state index contributed by atoms with van der Waals surface area (Å²) in [5, 5.41) is 13.8. The van der Waals surface area contributed by atoms with E-state index in [1.165, 1.54) is 0 Å². The summed E-state index contributed by atoms with van der Waals surface area (Å²) < 4.78 is 5.79. The van der Waals surface area contributed by atoms with Crippen LogP contribution in [0, 0.1) is 6.92 Å². The molecule has 4 rings (SSSR count). The van der Waals surface area contributed by atoms with E-state index in [9.17, 15) is 9.59 Å². The lowest BCUT2D eigenvalue weighted by molar-refractivity contribution is 0.0956. The predicted molar refractivity (Wildman–Crippen MR) is 122 cm³/mol. The monoisotopic (exact) mass is 426 g/mol. The molecule has 160 valence electrons. The van der Waals surface area contributed by atoms with E-state index in [-0.39, 0.29) is 11.8 Å². The van der Waals surface area contributed by atoms with Crippen molar-refractivity contribution >= 4 is 17.5 Å². The van der Waals surface area contributed by atoms with Crippen molar-refractivity contribution in [3.8, 4) is 22.9 Å². The Morgan fingerprint density at radius 2 is 1.41 bits per heavy atom. The fraction of sp³-hybridized carbons (Fsp3) is 0.120. The van der Waals surface area contributed by atoms with E-state index < -0.39 is 0 Å². The van der Waals surface area contributed by atoms with Gasteiger partial charge < -0.3 is 15.1 Å². The molecule has 0 saturated heterocycles. The van der Waals surface area contributed by atoms with Gasteiger partial charge in [0.1, 0.15) is 0 Å². The van der Waals surface area contributed by atoms with Crippen LogP contribution in [-0.4, -0.2) is 28.6 Å². The van der Waals surface area contributed by atoms with Crippen molar-refractivity contribution in [2.45, 2.75) is 13.8 Å². The third kappa shape index (κ3) is 4.57. The minimum Gasteiger partial charge on any atom is -0.416 e. The quantitative estimate of drug-likeness (QED) is 0.465. The minimum absolute atomic E-state index is 0.237. The summed E-state index contributed by atoms with van der Waals surface area (Å²) in [6.07, 6.45) is 0. The first-order valence-electron chi connectivity index (χ1n) is 10.2. The Kier molecular flexibility index (Phi) is 6.07. The van der Waals surface area contributed by atoms with Crippen molar-refractivity contribution in [1.29, 1.82) is 0 Å². The molecule has 2 N–H and O–H groups in total. The van der Waals surface area contributed by atoms with Crippen LogP contribution in [0.1, 0.15) is 33.2 Å². The smallest absolute Gasteiger partial charge is 0.255 e. The topological polar surface area (TPSA) is 97.1 Å². The summed E-state index contributed by atoms with van der Waals surface area (Å²) in [5.74, 6) is 0.247. The highest BCUT2D eigenvalue weighted by Gasteiger charge is 2.15. The molecule has 1 aromatic heterocycles. The number of hydrogen-bond acceptors (Lipinski definition) is 5. The Balaban J connectivity index is 1.49. The van der Waals surface area contributed by atoms with Gasteiger partial charge in [0.15, 0.2) is 0 Å². The molecule has 7 heteroatoms. The molecular formula is C25H22N4O3. The number of aryl methyl sites for hydroxylation is 1. The number of benzene rings is 3. The van der Waals surface area contributed by atoms with Crippen molar-refractivity contribution in [2.75, 3.05) is 11.9 Å². The molecule has 0 bridgehead atoms. The lowest BCUT2D eigenvalue weighted by Gasteiger charge is -2.11. The Morgan fingerprint density at radius 3 is 2.03 bits per heavy atom. The number of rotatable bonds is 6. The SMILES string of the molecule is CCNC(=O)c1ccccc1NC(=O)c1ccc(-c2nnc(-c3ccc(C)cc3)o2)cc1. The maximum Gasteiger partial charge on any atom is 0.255 e. The zero-order chi connectivity index (χ0) is 22.5. The van der Waals surface area contributed by atoms with Crippen molar-refractivity contribution in [3.05, 3.63) is 89.5 Å². The highest BCUT2D eigenvalue weighted by atomic mass is 16.4. The summed E-state index contributed by atoms with van der Waals surface area (Å²) in [4.78, 5) is 24.9. The van der Waals surface area contributed by atoms with Gasteiger partial charge in [0.25, 0.3) is 11.8 Å². The van der Waals surface area contributed by atoms with Gasteiger partial charge in [-0.05, 0) is 62.4 Å². The van der Waals surface area contributed by atoms with Gasteiger partial charge in [0.2, 0.25) is 11.8 Å². The van der Waals surface area contributed by atoms with Crippen LogP contribution in [0.5, 0.6) is 0 Å². The standard InChI is InChI=1S/C25H22N4O3/c1-3-26-23(31)20-6-4-5-7-21(20)27-22(30)17-12-14-19(15-13-17)25-29-28-24(32-25)18-10-8-16(2)9-11-18/h4-15H,3H2,1-2H3,(H,26,31)(H,27,30). The Bertz CT molecular complexity index is 1240. The summed E-state index contributed by atoms with van der Waals surface area (Å²) in [6, 6.07) is 21.6. The normalized spacial score (nSPS) is 10.6. The van der Waals surface area contributed by atoms with E-state index in [1.807, 2.05) is 38.1 Å². The zero-order valence-corrected chi connectivity index (χ0v) is 17.8. The Hall–Kier alpha value is -4.26. The second-order valence-corrected chi connectivity index (χ2v) is 7.21. The molecule has 7 nitrogen and oxygen atoms in total. The van der Waals surface area contributed by atoms with Crippen LogP contribution in [0.25, 0.3) is 22.9 Å². The van der Waals surface area contributed by atoms with Crippen LogP contribution < -0.4 is 10.6 Å².